The van der Waals surface area contributed by atoms with Crippen molar-refractivity contribution < 1.29 is 4.42 Å². The third-order valence-electron chi connectivity index (χ3n) is 5.16. The third-order valence-corrected chi connectivity index (χ3v) is 6.09. The van der Waals surface area contributed by atoms with E-state index in [2.05, 4.69) is 57.3 Å². The van der Waals surface area contributed by atoms with Crippen molar-refractivity contribution in [1.29, 1.82) is 0 Å². The molecule has 4 rings (SSSR count). The maximum atomic E-state index is 5.44. The van der Waals surface area contributed by atoms with Gasteiger partial charge in [0.1, 0.15) is 5.76 Å². The molecule has 0 aliphatic carbocycles. The van der Waals surface area contributed by atoms with E-state index in [-0.39, 0.29) is 0 Å². The van der Waals surface area contributed by atoms with Crippen LogP contribution in [0.2, 0.25) is 0 Å². The minimum Gasteiger partial charge on any atom is -0.469 e. The number of hydrogen-bond donors (Lipinski definition) is 2. The normalized spacial score (nSPS) is 15.4. The Labute approximate surface area is 176 Å². The quantitative estimate of drug-likeness (QED) is 0.452. The molecule has 0 spiro atoms. The molecule has 0 unspecified atom stereocenters. The van der Waals surface area contributed by atoms with Crippen molar-refractivity contribution in [1.82, 2.24) is 10.6 Å². The zero-order valence-corrected chi connectivity index (χ0v) is 17.4. The smallest absolute Gasteiger partial charge is 0.191 e. The van der Waals surface area contributed by atoms with Crippen LogP contribution in [0.5, 0.6) is 0 Å². The highest BCUT2D eigenvalue weighted by molar-refractivity contribution is 7.14. The summed E-state index contributed by atoms with van der Waals surface area (Å²) in [6.45, 7) is 3.63. The molecule has 1 aliphatic heterocycles. The minimum absolute atomic E-state index is 0.442. The highest BCUT2D eigenvalue weighted by Crippen LogP contribution is 2.24. The van der Waals surface area contributed by atoms with Gasteiger partial charge in [-0.3, -0.25) is 0 Å². The highest BCUT2D eigenvalue weighted by Gasteiger charge is 2.20. The van der Waals surface area contributed by atoms with Crippen molar-refractivity contribution in [3.63, 3.8) is 0 Å². The van der Waals surface area contributed by atoms with Gasteiger partial charge in [0.05, 0.1) is 17.8 Å². The van der Waals surface area contributed by atoms with Crippen LogP contribution in [0.4, 0.5) is 5.00 Å². The van der Waals surface area contributed by atoms with E-state index in [0.717, 1.165) is 50.6 Å². The monoisotopic (exact) mass is 408 g/mol. The maximum Gasteiger partial charge on any atom is 0.191 e. The molecule has 5 nitrogen and oxygen atoms in total. The van der Waals surface area contributed by atoms with Crippen LogP contribution in [0.25, 0.3) is 0 Å². The van der Waals surface area contributed by atoms with Gasteiger partial charge >= 0.3 is 0 Å². The third kappa shape index (κ3) is 5.87. The molecule has 3 aromatic rings. The lowest BCUT2D eigenvalue weighted by Crippen LogP contribution is -2.49. The Morgan fingerprint density at radius 3 is 2.66 bits per heavy atom. The van der Waals surface area contributed by atoms with Gasteiger partial charge in [-0.15, -0.1) is 11.3 Å². The molecule has 1 aliphatic rings. The van der Waals surface area contributed by atoms with Gasteiger partial charge in [-0.2, -0.15) is 0 Å². The Bertz CT molecular complexity index is 854. The number of hydrogen-bond acceptors (Lipinski definition) is 4. The molecule has 0 radical (unpaired) electrons. The van der Waals surface area contributed by atoms with Gasteiger partial charge in [-0.25, -0.2) is 4.99 Å². The first-order valence-corrected chi connectivity index (χ1v) is 11.1. The van der Waals surface area contributed by atoms with E-state index in [1.807, 2.05) is 29.5 Å². The van der Waals surface area contributed by atoms with Gasteiger partial charge in [-0.1, -0.05) is 30.3 Å². The number of furan rings is 1. The van der Waals surface area contributed by atoms with Gasteiger partial charge < -0.3 is 20.0 Å². The lowest BCUT2D eigenvalue weighted by atomic mass is 10.1. The summed E-state index contributed by atoms with van der Waals surface area (Å²) in [4.78, 5) is 7.31. The first kappa shape index (κ1) is 19.6. The fraction of sp³-hybridized carbons (Fsp3) is 0.348. The van der Waals surface area contributed by atoms with Crippen molar-refractivity contribution in [3.05, 3.63) is 77.6 Å². The molecule has 1 aromatic carbocycles. The van der Waals surface area contributed by atoms with Gasteiger partial charge in [0.25, 0.3) is 0 Å². The van der Waals surface area contributed by atoms with E-state index in [1.165, 1.54) is 10.6 Å². The molecule has 152 valence electrons. The summed E-state index contributed by atoms with van der Waals surface area (Å²) in [6.07, 6.45) is 4.79. The second-order valence-corrected chi connectivity index (χ2v) is 8.19. The lowest BCUT2D eigenvalue weighted by Gasteiger charge is -2.33. The molecular formula is C23H28N4OS. The van der Waals surface area contributed by atoms with Crippen molar-refractivity contribution in [2.75, 3.05) is 24.5 Å². The molecule has 3 heterocycles. The van der Waals surface area contributed by atoms with Crippen LogP contribution in [-0.2, 0) is 13.0 Å². The summed E-state index contributed by atoms with van der Waals surface area (Å²) < 4.78 is 5.44. The Balaban J connectivity index is 1.32. The molecule has 2 aromatic heterocycles. The second-order valence-electron chi connectivity index (χ2n) is 7.26. The summed E-state index contributed by atoms with van der Waals surface area (Å²) in [5, 5.41) is 10.7. The van der Waals surface area contributed by atoms with Crippen molar-refractivity contribution >= 4 is 22.3 Å². The van der Waals surface area contributed by atoms with E-state index < -0.39 is 0 Å². The fourth-order valence-corrected chi connectivity index (χ4v) is 4.34. The van der Waals surface area contributed by atoms with Crippen molar-refractivity contribution in [2.45, 2.75) is 31.8 Å². The Morgan fingerprint density at radius 1 is 1.07 bits per heavy atom. The van der Waals surface area contributed by atoms with Gasteiger partial charge in [0.15, 0.2) is 5.96 Å². The van der Waals surface area contributed by atoms with E-state index in [4.69, 9.17) is 9.41 Å². The number of aliphatic imine (C=N–C) groups is 1. The van der Waals surface area contributed by atoms with Crippen LogP contribution in [0.15, 0.2) is 75.7 Å². The number of piperidine rings is 1. The first-order valence-electron chi connectivity index (χ1n) is 10.3. The average molecular weight is 409 g/mol. The Hall–Kier alpha value is -2.73. The number of guanidine groups is 1. The van der Waals surface area contributed by atoms with Crippen LogP contribution in [0.3, 0.4) is 0 Å². The number of rotatable bonds is 7. The molecule has 1 saturated heterocycles. The van der Waals surface area contributed by atoms with Crippen LogP contribution < -0.4 is 15.5 Å². The number of benzene rings is 1. The number of nitrogens with one attached hydrogen (secondary N) is 2. The van der Waals surface area contributed by atoms with Crippen LogP contribution in [0.1, 0.15) is 24.2 Å². The van der Waals surface area contributed by atoms with E-state index >= 15 is 0 Å². The molecule has 6 heteroatoms. The fourth-order valence-electron chi connectivity index (χ4n) is 3.55. The Kier molecular flexibility index (Phi) is 6.86. The molecule has 0 saturated carbocycles. The number of thiophene rings is 1. The van der Waals surface area contributed by atoms with E-state index in [1.54, 1.807) is 6.26 Å². The van der Waals surface area contributed by atoms with E-state index in [9.17, 15) is 0 Å². The van der Waals surface area contributed by atoms with Gasteiger partial charge in [0, 0.05) is 32.1 Å². The summed E-state index contributed by atoms with van der Waals surface area (Å²) in [6, 6.07) is 19.1. The van der Waals surface area contributed by atoms with Crippen molar-refractivity contribution in [3.8, 4) is 0 Å². The minimum atomic E-state index is 0.442. The van der Waals surface area contributed by atoms with Crippen LogP contribution >= 0.6 is 11.3 Å². The molecule has 0 amide bonds. The van der Waals surface area contributed by atoms with Crippen molar-refractivity contribution in [2.24, 2.45) is 4.99 Å². The average Bonchev–Trinajstić information content (AvgIpc) is 3.48. The SMILES string of the molecule is c1ccc(CN=C(NCCc2ccco2)NC2CCN(c3cccs3)CC2)cc1. The standard InChI is InChI=1S/C23H28N4OS/c1-2-6-19(7-3-1)18-25-23(24-13-10-21-8-4-16-28-21)26-20-11-14-27(15-12-20)22-9-5-17-29-22/h1-9,16-17,20H,10-15,18H2,(H2,24,25,26). The van der Waals surface area contributed by atoms with Crippen LogP contribution in [-0.4, -0.2) is 31.6 Å². The lowest BCUT2D eigenvalue weighted by molar-refractivity contribution is 0.461. The molecular weight excluding hydrogens is 380 g/mol. The largest absolute Gasteiger partial charge is 0.469 e. The first-order chi connectivity index (χ1) is 14.4. The summed E-state index contributed by atoms with van der Waals surface area (Å²) >= 11 is 1.82. The summed E-state index contributed by atoms with van der Waals surface area (Å²) in [5.41, 5.74) is 1.21. The molecule has 2 N–H and O–H groups in total. The Morgan fingerprint density at radius 2 is 1.93 bits per heavy atom. The summed E-state index contributed by atoms with van der Waals surface area (Å²) in [5.74, 6) is 1.87. The predicted octanol–water partition coefficient (Wildman–Crippen LogP) is 4.29. The van der Waals surface area contributed by atoms with Crippen LogP contribution in [0, 0.1) is 0 Å². The van der Waals surface area contributed by atoms with E-state index in [0.29, 0.717) is 12.6 Å². The summed E-state index contributed by atoms with van der Waals surface area (Å²) in [7, 11) is 0. The topological polar surface area (TPSA) is 52.8 Å². The molecule has 0 atom stereocenters. The highest BCUT2D eigenvalue weighted by atomic mass is 32.1. The number of anilines is 1. The second kappa shape index (κ2) is 10.2. The zero-order valence-electron chi connectivity index (χ0n) is 16.6. The molecule has 0 bridgehead atoms. The molecule has 1 fully saturated rings. The zero-order chi connectivity index (χ0) is 19.7. The number of nitrogens with zero attached hydrogens (tertiary/aromatic N) is 2. The molecule has 29 heavy (non-hydrogen) atoms. The predicted molar refractivity (Wildman–Crippen MR) is 121 cm³/mol. The van der Waals surface area contributed by atoms with Gasteiger partial charge in [0.2, 0.25) is 0 Å². The maximum absolute atomic E-state index is 5.44. The van der Waals surface area contributed by atoms with Gasteiger partial charge in [-0.05, 0) is 48.1 Å².